The molecule has 3 N–H and O–H groups in total. The first-order chi connectivity index (χ1) is 12.7. The highest BCUT2D eigenvalue weighted by molar-refractivity contribution is 7.15. The second-order valence-electron chi connectivity index (χ2n) is 8.66. The summed E-state index contributed by atoms with van der Waals surface area (Å²) in [5.74, 6) is -0.115. The maximum absolute atomic E-state index is 12.8. The van der Waals surface area contributed by atoms with Gasteiger partial charge < -0.3 is 15.7 Å². The van der Waals surface area contributed by atoms with Crippen LogP contribution in [-0.2, 0) is 11.2 Å². The topological polar surface area (TPSA) is 103 Å². The van der Waals surface area contributed by atoms with Gasteiger partial charge in [-0.2, -0.15) is 5.26 Å². The highest BCUT2D eigenvalue weighted by Gasteiger charge is 2.53. The summed E-state index contributed by atoms with van der Waals surface area (Å²) in [5.41, 5.74) is 6.99. The number of carbonyl (C=O) groups excluding carboxylic acids is 1. The molecule has 1 aromatic rings. The fourth-order valence-corrected chi connectivity index (χ4v) is 6.56. The van der Waals surface area contributed by atoms with Crippen LogP contribution in [0.4, 0.5) is 5.13 Å². The van der Waals surface area contributed by atoms with Crippen molar-refractivity contribution in [2.45, 2.75) is 58.5 Å². The van der Waals surface area contributed by atoms with Crippen LogP contribution >= 0.6 is 11.3 Å². The van der Waals surface area contributed by atoms with Crippen LogP contribution in [0.25, 0.3) is 0 Å². The van der Waals surface area contributed by atoms with E-state index in [-0.39, 0.29) is 35.0 Å². The van der Waals surface area contributed by atoms with Gasteiger partial charge in [0.25, 0.3) is 0 Å². The monoisotopic (exact) mass is 390 g/mol. The lowest BCUT2D eigenvalue weighted by Crippen LogP contribution is -2.53. The minimum atomic E-state index is -0.543. The van der Waals surface area contributed by atoms with Crippen molar-refractivity contribution in [1.82, 2.24) is 9.88 Å². The molecule has 1 aromatic heterocycles. The third-order valence-corrected chi connectivity index (χ3v) is 7.81. The minimum absolute atomic E-state index is 0.0107. The Bertz CT molecular complexity index is 758. The molecule has 6 atom stereocenters. The van der Waals surface area contributed by atoms with Gasteiger partial charge in [-0.1, -0.05) is 20.8 Å². The third-order valence-electron chi connectivity index (χ3n) is 6.91. The van der Waals surface area contributed by atoms with E-state index < -0.39 is 6.10 Å². The van der Waals surface area contributed by atoms with Gasteiger partial charge in [-0.05, 0) is 36.5 Å². The predicted octanol–water partition coefficient (Wildman–Crippen LogP) is 2.79. The Morgan fingerprint density at radius 1 is 1.59 bits per heavy atom. The van der Waals surface area contributed by atoms with Crippen LogP contribution in [0.1, 0.15) is 56.5 Å². The summed E-state index contributed by atoms with van der Waals surface area (Å²) in [7, 11) is 1.74. The van der Waals surface area contributed by atoms with Crippen molar-refractivity contribution in [3.05, 3.63) is 10.6 Å². The summed E-state index contributed by atoms with van der Waals surface area (Å²) in [6.45, 7) is 6.75. The summed E-state index contributed by atoms with van der Waals surface area (Å²) in [6, 6.07) is 2.08. The molecule has 6 nitrogen and oxygen atoms in total. The molecule has 1 amide bonds. The SMILES string of the molecule is C[C@H](C(=O)N(C)CCC#N)[C@@H]1CC[C@]2(C)Cc3sc(N)nc3[C@H](C)[C@@H]2[C@H]1O. The Balaban J connectivity index is 1.81. The first-order valence-electron chi connectivity index (χ1n) is 9.74. The number of carbonyl (C=O) groups is 1. The number of aliphatic hydroxyl groups excluding tert-OH is 1. The minimum Gasteiger partial charge on any atom is -0.392 e. The lowest BCUT2D eigenvalue weighted by Gasteiger charge is -2.53. The number of fused-ring (bicyclic) bond motifs is 2. The molecule has 1 saturated carbocycles. The van der Waals surface area contributed by atoms with Crippen molar-refractivity contribution >= 4 is 22.4 Å². The van der Waals surface area contributed by atoms with Crippen LogP contribution in [-0.4, -0.2) is 40.6 Å². The smallest absolute Gasteiger partial charge is 0.225 e. The van der Waals surface area contributed by atoms with E-state index in [2.05, 4.69) is 24.9 Å². The Morgan fingerprint density at radius 3 is 2.96 bits per heavy atom. The molecular formula is C20H30N4O2S. The van der Waals surface area contributed by atoms with Gasteiger partial charge in [0.15, 0.2) is 5.13 Å². The number of rotatable bonds is 4. The molecule has 0 bridgehead atoms. The first kappa shape index (κ1) is 20.1. The van der Waals surface area contributed by atoms with E-state index in [9.17, 15) is 9.90 Å². The van der Waals surface area contributed by atoms with Crippen molar-refractivity contribution in [3.8, 4) is 6.07 Å². The number of amides is 1. The number of nitrogen functional groups attached to an aromatic ring is 1. The number of hydrogen-bond acceptors (Lipinski definition) is 6. The quantitative estimate of drug-likeness (QED) is 0.823. The van der Waals surface area contributed by atoms with Crippen molar-refractivity contribution < 1.29 is 9.90 Å². The van der Waals surface area contributed by atoms with Gasteiger partial charge in [-0.3, -0.25) is 4.79 Å². The van der Waals surface area contributed by atoms with Gasteiger partial charge in [0.2, 0.25) is 5.91 Å². The molecule has 2 aliphatic carbocycles. The summed E-state index contributed by atoms with van der Waals surface area (Å²) in [4.78, 5) is 20.2. The summed E-state index contributed by atoms with van der Waals surface area (Å²) in [6.07, 6.45) is 2.51. The highest BCUT2D eigenvalue weighted by Crippen LogP contribution is 2.57. The number of hydrogen-bond donors (Lipinski definition) is 2. The number of nitrogens with two attached hydrogens (primary N) is 1. The summed E-state index contributed by atoms with van der Waals surface area (Å²) < 4.78 is 0. The fourth-order valence-electron chi connectivity index (χ4n) is 5.42. The average Bonchev–Trinajstić information content (AvgIpc) is 2.98. The van der Waals surface area contributed by atoms with Gasteiger partial charge >= 0.3 is 0 Å². The molecule has 0 unspecified atom stereocenters. The molecule has 148 valence electrons. The average molecular weight is 391 g/mol. The van der Waals surface area contributed by atoms with Crippen LogP contribution in [0.2, 0.25) is 0 Å². The fraction of sp³-hybridized carbons (Fsp3) is 0.750. The van der Waals surface area contributed by atoms with Crippen LogP contribution in [0.15, 0.2) is 0 Å². The lowest BCUT2D eigenvalue weighted by molar-refractivity contribution is -0.143. The van der Waals surface area contributed by atoms with Crippen LogP contribution in [0.5, 0.6) is 0 Å². The molecule has 3 rings (SSSR count). The van der Waals surface area contributed by atoms with Gasteiger partial charge in [0, 0.05) is 30.3 Å². The summed E-state index contributed by atoms with van der Waals surface area (Å²) >= 11 is 1.57. The van der Waals surface area contributed by atoms with E-state index in [4.69, 9.17) is 11.0 Å². The zero-order valence-corrected chi connectivity index (χ0v) is 17.4. The highest BCUT2D eigenvalue weighted by atomic mass is 32.1. The first-order valence-corrected chi connectivity index (χ1v) is 10.6. The second kappa shape index (κ2) is 7.40. The second-order valence-corrected chi connectivity index (χ2v) is 9.77. The van der Waals surface area contributed by atoms with Crippen molar-refractivity contribution in [1.29, 1.82) is 5.26 Å². The third kappa shape index (κ3) is 3.45. The largest absolute Gasteiger partial charge is 0.392 e. The number of aliphatic hydroxyl groups is 1. The van der Waals surface area contributed by atoms with E-state index in [1.807, 2.05) is 6.92 Å². The molecule has 0 spiro atoms. The van der Waals surface area contributed by atoms with Crippen molar-refractivity contribution in [2.75, 3.05) is 19.3 Å². The molecule has 7 heteroatoms. The maximum atomic E-state index is 12.8. The summed E-state index contributed by atoms with van der Waals surface area (Å²) in [5, 5.41) is 20.7. The number of nitriles is 1. The Hall–Kier alpha value is -1.65. The molecule has 27 heavy (non-hydrogen) atoms. The van der Waals surface area contributed by atoms with E-state index in [1.165, 1.54) is 4.88 Å². The van der Waals surface area contributed by atoms with E-state index in [1.54, 1.807) is 23.3 Å². The van der Waals surface area contributed by atoms with Gasteiger partial charge in [-0.15, -0.1) is 11.3 Å². The van der Waals surface area contributed by atoms with Gasteiger partial charge in [0.1, 0.15) is 0 Å². The number of thiazole rings is 1. The molecule has 0 saturated heterocycles. The number of anilines is 1. The van der Waals surface area contributed by atoms with Gasteiger partial charge in [-0.25, -0.2) is 4.98 Å². The normalized spacial score (nSPS) is 33.5. The predicted molar refractivity (Wildman–Crippen MR) is 106 cm³/mol. The van der Waals surface area contributed by atoms with Crippen LogP contribution < -0.4 is 5.73 Å². The van der Waals surface area contributed by atoms with E-state index >= 15 is 0 Å². The Labute approximate surface area is 165 Å². The number of nitrogens with zero attached hydrogens (tertiary/aromatic N) is 3. The molecule has 2 aliphatic rings. The van der Waals surface area contributed by atoms with Crippen LogP contribution in [0.3, 0.4) is 0 Å². The molecule has 1 heterocycles. The zero-order valence-electron chi connectivity index (χ0n) is 16.6. The van der Waals surface area contributed by atoms with Gasteiger partial charge in [0.05, 0.1) is 24.3 Å². The zero-order chi connectivity index (χ0) is 19.9. The molecular weight excluding hydrogens is 360 g/mol. The van der Waals surface area contributed by atoms with Crippen molar-refractivity contribution in [3.63, 3.8) is 0 Å². The molecule has 0 radical (unpaired) electrons. The molecule has 0 aromatic carbocycles. The maximum Gasteiger partial charge on any atom is 0.225 e. The van der Waals surface area contributed by atoms with Crippen molar-refractivity contribution in [2.24, 2.45) is 23.2 Å². The Morgan fingerprint density at radius 2 is 2.30 bits per heavy atom. The van der Waals surface area contributed by atoms with E-state index in [0.717, 1.165) is 25.0 Å². The molecule has 0 aliphatic heterocycles. The molecule has 1 fully saturated rings. The van der Waals surface area contributed by atoms with E-state index in [0.29, 0.717) is 18.1 Å². The lowest BCUT2D eigenvalue weighted by atomic mass is 9.53. The standard InChI is InChI=1S/C20H30N4O2S/c1-11(18(26)24(4)9-5-8-21)13-6-7-20(3)10-14-16(23-19(22)27-14)12(2)15(20)17(13)25/h11-13,15,17,25H,5-7,9-10H2,1-4H3,(H2,22,23)/t11-,12+,13-,15+,17-,20+/m0/s1. The Kier molecular flexibility index (Phi) is 5.51. The number of aromatic nitrogens is 1. The van der Waals surface area contributed by atoms with Crippen LogP contribution in [0, 0.1) is 34.5 Å².